The fraction of sp³-hybridized carbons (Fsp3) is 0.667. The van der Waals surface area contributed by atoms with Gasteiger partial charge >= 0.3 is 0 Å². The van der Waals surface area contributed by atoms with Crippen LogP contribution < -0.4 is 16.0 Å². The number of amides is 2. The van der Waals surface area contributed by atoms with Crippen molar-refractivity contribution in [3.05, 3.63) is 29.8 Å². The smallest absolute Gasteiger partial charge is 0.236 e. The molecule has 1 aromatic rings. The highest BCUT2D eigenvalue weighted by Crippen LogP contribution is 2.38. The first-order valence-corrected chi connectivity index (χ1v) is 11.5. The second kappa shape index (κ2) is 10.3. The number of anilines is 1. The standard InChI is InChI=1S/C24H38N4O2/c1-17(2)20-9-8-18(3)14-21(20)24(30)26-16-19-6-4-5-7-22(19)27-10-12-28(13-11-27)23(29)15-25/h4-7,17-18,20-21H,8-16,25H2,1-3H3,(H,26,30)/t18-,20+,21-/m1/s1. The number of piperazine rings is 1. The fourth-order valence-electron chi connectivity index (χ4n) is 5.11. The third-order valence-corrected chi connectivity index (χ3v) is 6.95. The van der Waals surface area contributed by atoms with Gasteiger partial charge in [0.15, 0.2) is 0 Å². The van der Waals surface area contributed by atoms with Gasteiger partial charge in [-0.3, -0.25) is 9.59 Å². The van der Waals surface area contributed by atoms with Crippen molar-refractivity contribution in [1.82, 2.24) is 10.2 Å². The summed E-state index contributed by atoms with van der Waals surface area (Å²) in [4.78, 5) is 29.1. The van der Waals surface area contributed by atoms with Gasteiger partial charge in [0.25, 0.3) is 0 Å². The molecule has 6 heteroatoms. The van der Waals surface area contributed by atoms with E-state index in [-0.39, 0.29) is 24.3 Å². The fourth-order valence-corrected chi connectivity index (χ4v) is 5.11. The molecule has 0 spiro atoms. The minimum atomic E-state index is 0.0108. The third kappa shape index (κ3) is 5.34. The number of nitrogens with zero attached hydrogens (tertiary/aromatic N) is 2. The Morgan fingerprint density at radius 1 is 1.13 bits per heavy atom. The molecule has 1 heterocycles. The van der Waals surface area contributed by atoms with E-state index in [1.807, 2.05) is 17.0 Å². The minimum absolute atomic E-state index is 0.0108. The van der Waals surface area contributed by atoms with Gasteiger partial charge in [-0.1, -0.05) is 45.4 Å². The number of rotatable bonds is 6. The molecule has 2 aliphatic rings. The summed E-state index contributed by atoms with van der Waals surface area (Å²) in [5.74, 6) is 1.96. The molecular formula is C24H38N4O2. The maximum atomic E-state index is 13.1. The summed E-state index contributed by atoms with van der Waals surface area (Å²) in [6.07, 6.45) is 3.38. The number of hydrogen-bond donors (Lipinski definition) is 2. The van der Waals surface area contributed by atoms with E-state index in [0.717, 1.165) is 37.2 Å². The van der Waals surface area contributed by atoms with E-state index in [1.54, 1.807) is 0 Å². The second-order valence-electron chi connectivity index (χ2n) is 9.35. The molecule has 3 rings (SSSR count). The Bertz CT molecular complexity index is 728. The molecule has 0 unspecified atom stereocenters. The minimum Gasteiger partial charge on any atom is -0.368 e. The number of carbonyl (C=O) groups is 2. The highest BCUT2D eigenvalue weighted by atomic mass is 16.2. The lowest BCUT2D eigenvalue weighted by molar-refractivity contribution is -0.130. The lowest BCUT2D eigenvalue weighted by Gasteiger charge is -2.37. The van der Waals surface area contributed by atoms with Crippen LogP contribution in [-0.4, -0.2) is 49.4 Å². The Kier molecular flexibility index (Phi) is 7.75. The molecule has 30 heavy (non-hydrogen) atoms. The Morgan fingerprint density at radius 3 is 2.50 bits per heavy atom. The van der Waals surface area contributed by atoms with Crippen molar-refractivity contribution in [2.45, 2.75) is 46.6 Å². The van der Waals surface area contributed by atoms with Crippen LogP contribution in [0.15, 0.2) is 24.3 Å². The van der Waals surface area contributed by atoms with Gasteiger partial charge in [-0.15, -0.1) is 0 Å². The SMILES string of the molecule is CC(C)[C@@H]1CC[C@@H](C)C[C@H]1C(=O)NCc1ccccc1N1CCN(C(=O)CN)CC1. The quantitative estimate of drug-likeness (QED) is 0.750. The molecule has 2 fully saturated rings. The summed E-state index contributed by atoms with van der Waals surface area (Å²) in [5, 5.41) is 3.24. The van der Waals surface area contributed by atoms with E-state index in [1.165, 1.54) is 6.42 Å². The van der Waals surface area contributed by atoms with E-state index in [4.69, 9.17) is 5.73 Å². The van der Waals surface area contributed by atoms with Crippen molar-refractivity contribution in [2.75, 3.05) is 37.6 Å². The van der Waals surface area contributed by atoms with Crippen LogP contribution in [0.5, 0.6) is 0 Å². The van der Waals surface area contributed by atoms with E-state index >= 15 is 0 Å². The lowest BCUT2D eigenvalue weighted by atomic mass is 9.70. The maximum absolute atomic E-state index is 13.1. The first-order valence-electron chi connectivity index (χ1n) is 11.5. The molecule has 1 saturated heterocycles. The maximum Gasteiger partial charge on any atom is 0.236 e. The highest BCUT2D eigenvalue weighted by Gasteiger charge is 2.35. The summed E-state index contributed by atoms with van der Waals surface area (Å²) in [5.41, 5.74) is 7.78. The number of benzene rings is 1. The van der Waals surface area contributed by atoms with Crippen LogP contribution in [0.4, 0.5) is 5.69 Å². The van der Waals surface area contributed by atoms with Crippen molar-refractivity contribution in [1.29, 1.82) is 0 Å². The van der Waals surface area contributed by atoms with Crippen LogP contribution in [0, 0.1) is 23.7 Å². The van der Waals surface area contributed by atoms with Crippen LogP contribution in [0.25, 0.3) is 0 Å². The van der Waals surface area contributed by atoms with Crippen LogP contribution in [0.1, 0.15) is 45.6 Å². The molecule has 0 bridgehead atoms. The summed E-state index contributed by atoms with van der Waals surface area (Å²) < 4.78 is 0. The van der Waals surface area contributed by atoms with Crippen LogP contribution in [0.3, 0.4) is 0 Å². The molecule has 3 atom stereocenters. The zero-order valence-electron chi connectivity index (χ0n) is 18.8. The Morgan fingerprint density at radius 2 is 1.83 bits per heavy atom. The molecule has 2 amide bonds. The van der Waals surface area contributed by atoms with E-state index in [0.29, 0.717) is 37.4 Å². The van der Waals surface area contributed by atoms with Crippen molar-refractivity contribution in [2.24, 2.45) is 29.4 Å². The topological polar surface area (TPSA) is 78.7 Å². The van der Waals surface area contributed by atoms with Gasteiger partial charge in [-0.2, -0.15) is 0 Å². The number of para-hydroxylation sites is 1. The molecule has 1 aromatic carbocycles. The summed E-state index contributed by atoms with van der Waals surface area (Å²) in [7, 11) is 0. The largest absolute Gasteiger partial charge is 0.368 e. The molecule has 3 N–H and O–H groups in total. The number of nitrogens with two attached hydrogens (primary N) is 1. The first kappa shape index (κ1) is 22.6. The van der Waals surface area contributed by atoms with Crippen molar-refractivity contribution < 1.29 is 9.59 Å². The van der Waals surface area contributed by atoms with Crippen molar-refractivity contribution >= 4 is 17.5 Å². The highest BCUT2D eigenvalue weighted by molar-refractivity contribution is 5.79. The molecule has 1 aliphatic carbocycles. The molecule has 1 aliphatic heterocycles. The van der Waals surface area contributed by atoms with Gasteiger partial charge in [-0.25, -0.2) is 0 Å². The van der Waals surface area contributed by atoms with Crippen LogP contribution >= 0.6 is 0 Å². The average Bonchev–Trinajstić information content (AvgIpc) is 2.77. The van der Waals surface area contributed by atoms with Gasteiger partial charge in [0, 0.05) is 44.3 Å². The van der Waals surface area contributed by atoms with Gasteiger partial charge in [0.05, 0.1) is 6.54 Å². The molecule has 166 valence electrons. The average molecular weight is 415 g/mol. The molecule has 0 radical (unpaired) electrons. The monoisotopic (exact) mass is 414 g/mol. The van der Waals surface area contributed by atoms with Crippen molar-refractivity contribution in [3.8, 4) is 0 Å². The summed E-state index contributed by atoms with van der Waals surface area (Å²) in [6, 6.07) is 8.27. The predicted molar refractivity (Wildman–Crippen MR) is 121 cm³/mol. The van der Waals surface area contributed by atoms with Crippen LogP contribution in [0.2, 0.25) is 0 Å². The molecule has 0 aromatic heterocycles. The summed E-state index contributed by atoms with van der Waals surface area (Å²) in [6.45, 7) is 10.3. The van der Waals surface area contributed by atoms with Gasteiger partial charge in [0.1, 0.15) is 0 Å². The van der Waals surface area contributed by atoms with E-state index in [2.05, 4.69) is 43.1 Å². The Hall–Kier alpha value is -2.08. The van der Waals surface area contributed by atoms with Gasteiger partial charge in [-0.05, 0) is 42.2 Å². The van der Waals surface area contributed by atoms with Crippen LogP contribution in [-0.2, 0) is 16.1 Å². The van der Waals surface area contributed by atoms with E-state index < -0.39 is 0 Å². The molecular weight excluding hydrogens is 376 g/mol. The molecule has 1 saturated carbocycles. The lowest BCUT2D eigenvalue weighted by Crippen LogP contribution is -2.50. The first-order chi connectivity index (χ1) is 14.4. The third-order valence-electron chi connectivity index (χ3n) is 6.95. The number of carbonyl (C=O) groups excluding carboxylic acids is 2. The Balaban J connectivity index is 1.62. The number of nitrogens with one attached hydrogen (secondary N) is 1. The number of hydrogen-bond acceptors (Lipinski definition) is 4. The zero-order chi connectivity index (χ0) is 21.7. The summed E-state index contributed by atoms with van der Waals surface area (Å²) >= 11 is 0. The normalized spacial score (nSPS) is 24.8. The van der Waals surface area contributed by atoms with Crippen molar-refractivity contribution in [3.63, 3.8) is 0 Å². The van der Waals surface area contributed by atoms with Gasteiger partial charge < -0.3 is 20.9 Å². The van der Waals surface area contributed by atoms with Gasteiger partial charge in [0.2, 0.25) is 11.8 Å². The predicted octanol–water partition coefficient (Wildman–Crippen LogP) is 2.62. The zero-order valence-corrected chi connectivity index (χ0v) is 18.8. The second-order valence-corrected chi connectivity index (χ2v) is 9.35. The van der Waals surface area contributed by atoms with E-state index in [9.17, 15) is 9.59 Å². The Labute approximate surface area is 181 Å². The molecule has 6 nitrogen and oxygen atoms in total.